The quantitative estimate of drug-likeness (QED) is 0.664. The number of aromatic nitrogens is 3. The third kappa shape index (κ3) is 4.11. The molecule has 1 saturated heterocycles. The van der Waals surface area contributed by atoms with Gasteiger partial charge in [-0.25, -0.2) is 0 Å². The molecule has 0 radical (unpaired) electrons. The van der Waals surface area contributed by atoms with Crippen LogP contribution in [0.4, 0.5) is 0 Å². The van der Waals surface area contributed by atoms with Crippen LogP contribution in [0.1, 0.15) is 27.7 Å². The summed E-state index contributed by atoms with van der Waals surface area (Å²) in [5.41, 5.74) is 3.18. The maximum absolute atomic E-state index is 12.6. The fourth-order valence-corrected chi connectivity index (χ4v) is 3.14. The molecule has 0 saturated carbocycles. The monoisotopic (exact) mass is 378 g/mol. The van der Waals surface area contributed by atoms with Crippen LogP contribution in [0.2, 0.25) is 0 Å². The van der Waals surface area contributed by atoms with Gasteiger partial charge in [0.15, 0.2) is 5.78 Å². The first kappa shape index (κ1) is 18.3. The van der Waals surface area contributed by atoms with Crippen molar-refractivity contribution in [2.75, 3.05) is 26.8 Å². The van der Waals surface area contributed by atoms with Crippen LogP contribution in [0.5, 0.6) is 5.75 Å². The summed E-state index contributed by atoms with van der Waals surface area (Å²) >= 11 is 0. The molecule has 0 amide bonds. The lowest BCUT2D eigenvalue weighted by atomic mass is 10.0. The number of hydrogen-bond donors (Lipinski definition) is 1. The van der Waals surface area contributed by atoms with Gasteiger partial charge >= 0.3 is 0 Å². The van der Waals surface area contributed by atoms with E-state index in [2.05, 4.69) is 15.5 Å². The molecule has 4 rings (SSSR count). The Kier molecular flexibility index (Phi) is 5.45. The smallest absolute Gasteiger partial charge is 0.189 e. The molecule has 1 aliphatic heterocycles. The minimum Gasteiger partial charge on any atom is -0.497 e. The van der Waals surface area contributed by atoms with Gasteiger partial charge in [0.05, 0.1) is 31.7 Å². The number of benzene rings is 2. The van der Waals surface area contributed by atoms with Crippen molar-refractivity contribution in [1.82, 2.24) is 20.3 Å². The molecule has 0 unspecified atom stereocenters. The maximum Gasteiger partial charge on any atom is 0.189 e. The zero-order valence-electron chi connectivity index (χ0n) is 15.7. The van der Waals surface area contributed by atoms with Crippen LogP contribution in [0.25, 0.3) is 5.69 Å². The summed E-state index contributed by atoms with van der Waals surface area (Å²) < 4.78 is 10.9. The molecule has 2 aromatic carbocycles. The van der Waals surface area contributed by atoms with E-state index in [0.29, 0.717) is 5.69 Å². The van der Waals surface area contributed by atoms with Crippen LogP contribution in [0.15, 0.2) is 54.7 Å². The number of hydrogen-bond acceptors (Lipinski definition) is 6. The lowest BCUT2D eigenvalue weighted by Gasteiger charge is -2.24. The summed E-state index contributed by atoms with van der Waals surface area (Å²) in [6.45, 7) is 2.42. The number of carbonyl (C=O) groups excluding carboxylic acids is 1. The molecule has 28 heavy (non-hydrogen) atoms. The summed E-state index contributed by atoms with van der Waals surface area (Å²) in [7, 11) is 1.61. The van der Waals surface area contributed by atoms with Gasteiger partial charge in [-0.3, -0.25) is 4.79 Å². The van der Waals surface area contributed by atoms with Gasteiger partial charge in [-0.15, -0.1) is 5.10 Å². The summed E-state index contributed by atoms with van der Waals surface area (Å²) in [4.78, 5) is 14.0. The zero-order chi connectivity index (χ0) is 19.3. The standard InChI is InChI=1S/C21H22N4O3/c1-27-18-8-6-17(7-9-18)25-23-13-19(24-25)20(26)12-15-2-4-16(5-3-15)21-14-22-10-11-28-21/h2-9,13,21-22H,10-12,14H2,1H3/t21-/m1/s1. The molecule has 1 N–H and O–H groups in total. The van der Waals surface area contributed by atoms with Crippen LogP contribution < -0.4 is 10.1 Å². The van der Waals surface area contributed by atoms with E-state index in [1.54, 1.807) is 7.11 Å². The van der Waals surface area contributed by atoms with Gasteiger partial charge < -0.3 is 14.8 Å². The SMILES string of the molecule is COc1ccc(-n2ncc(C(=O)Cc3ccc([C@H]4CNCCO4)cc3)n2)cc1. The molecular formula is C21H22N4O3. The normalized spacial score (nSPS) is 16.7. The molecule has 144 valence electrons. The second-order valence-corrected chi connectivity index (χ2v) is 6.62. The van der Waals surface area contributed by atoms with E-state index in [4.69, 9.17) is 9.47 Å². The highest BCUT2D eigenvalue weighted by atomic mass is 16.5. The third-order valence-corrected chi connectivity index (χ3v) is 4.72. The Morgan fingerprint density at radius 2 is 2.00 bits per heavy atom. The third-order valence-electron chi connectivity index (χ3n) is 4.72. The Morgan fingerprint density at radius 1 is 1.21 bits per heavy atom. The molecule has 3 aromatic rings. The number of ether oxygens (including phenoxy) is 2. The highest BCUT2D eigenvalue weighted by Crippen LogP contribution is 2.20. The molecule has 2 heterocycles. The molecule has 1 atom stereocenters. The van der Waals surface area contributed by atoms with Crippen molar-refractivity contribution in [3.63, 3.8) is 0 Å². The zero-order valence-corrected chi connectivity index (χ0v) is 15.7. The minimum absolute atomic E-state index is 0.0666. The first-order valence-corrected chi connectivity index (χ1v) is 9.24. The number of carbonyl (C=O) groups is 1. The topological polar surface area (TPSA) is 78.3 Å². The van der Waals surface area contributed by atoms with Crippen molar-refractivity contribution in [2.24, 2.45) is 0 Å². The predicted octanol–water partition coefficient (Wildman–Crippen LogP) is 2.36. The van der Waals surface area contributed by atoms with E-state index in [1.807, 2.05) is 48.5 Å². The molecule has 0 spiro atoms. The number of rotatable bonds is 6. The molecular weight excluding hydrogens is 356 g/mol. The summed E-state index contributed by atoms with van der Waals surface area (Å²) in [5, 5.41) is 11.8. The first-order valence-electron chi connectivity index (χ1n) is 9.24. The van der Waals surface area contributed by atoms with Gasteiger partial charge in [-0.2, -0.15) is 9.90 Å². The number of methoxy groups -OCH3 is 1. The maximum atomic E-state index is 12.6. The number of nitrogens with one attached hydrogen (secondary N) is 1. The van der Waals surface area contributed by atoms with Crippen LogP contribution in [0.3, 0.4) is 0 Å². The minimum atomic E-state index is -0.0666. The Labute approximate surface area is 163 Å². The second-order valence-electron chi connectivity index (χ2n) is 6.62. The van der Waals surface area contributed by atoms with Gasteiger partial charge in [-0.1, -0.05) is 24.3 Å². The number of morpholine rings is 1. The number of ketones is 1. The second kappa shape index (κ2) is 8.33. The van der Waals surface area contributed by atoms with Crippen molar-refractivity contribution in [3.8, 4) is 11.4 Å². The van der Waals surface area contributed by atoms with Crippen LogP contribution in [-0.4, -0.2) is 47.6 Å². The van der Waals surface area contributed by atoms with E-state index in [0.717, 1.165) is 42.3 Å². The highest BCUT2D eigenvalue weighted by molar-refractivity contribution is 5.95. The summed E-state index contributed by atoms with van der Waals surface area (Å²) in [6, 6.07) is 15.3. The van der Waals surface area contributed by atoms with E-state index in [9.17, 15) is 4.79 Å². The van der Waals surface area contributed by atoms with Gasteiger partial charge in [0.25, 0.3) is 0 Å². The van der Waals surface area contributed by atoms with Crippen LogP contribution >= 0.6 is 0 Å². The molecule has 1 aliphatic rings. The average Bonchev–Trinajstić information content (AvgIpc) is 3.25. The Balaban J connectivity index is 1.41. The van der Waals surface area contributed by atoms with Crippen LogP contribution in [0, 0.1) is 0 Å². The van der Waals surface area contributed by atoms with E-state index < -0.39 is 0 Å². The predicted molar refractivity (Wildman–Crippen MR) is 104 cm³/mol. The lowest BCUT2D eigenvalue weighted by Crippen LogP contribution is -2.33. The molecule has 0 aliphatic carbocycles. The van der Waals surface area contributed by atoms with E-state index in [-0.39, 0.29) is 18.3 Å². The Bertz CT molecular complexity index is 929. The van der Waals surface area contributed by atoms with Crippen LogP contribution in [-0.2, 0) is 11.2 Å². The molecule has 7 heteroatoms. The number of nitrogens with zero attached hydrogens (tertiary/aromatic N) is 3. The van der Waals surface area contributed by atoms with Gasteiger partial charge in [-0.05, 0) is 35.4 Å². The van der Waals surface area contributed by atoms with Crippen molar-refractivity contribution >= 4 is 5.78 Å². The summed E-state index contributed by atoms with van der Waals surface area (Å²) in [6.07, 6.45) is 1.86. The van der Waals surface area contributed by atoms with Gasteiger partial charge in [0.1, 0.15) is 11.4 Å². The largest absolute Gasteiger partial charge is 0.497 e. The first-order chi connectivity index (χ1) is 13.7. The van der Waals surface area contributed by atoms with Crippen molar-refractivity contribution < 1.29 is 14.3 Å². The average molecular weight is 378 g/mol. The lowest BCUT2D eigenvalue weighted by molar-refractivity contribution is 0.0277. The summed E-state index contributed by atoms with van der Waals surface area (Å²) in [5.74, 6) is 0.688. The molecule has 0 bridgehead atoms. The number of Topliss-reactive ketones (excluding diaryl/α,β-unsaturated/α-hetero) is 1. The van der Waals surface area contributed by atoms with Gasteiger partial charge in [0.2, 0.25) is 0 Å². The Hall–Kier alpha value is -3.03. The highest BCUT2D eigenvalue weighted by Gasteiger charge is 2.16. The van der Waals surface area contributed by atoms with E-state index >= 15 is 0 Å². The van der Waals surface area contributed by atoms with Crippen molar-refractivity contribution in [1.29, 1.82) is 0 Å². The van der Waals surface area contributed by atoms with Crippen molar-refractivity contribution in [2.45, 2.75) is 12.5 Å². The molecule has 7 nitrogen and oxygen atoms in total. The fourth-order valence-electron chi connectivity index (χ4n) is 3.14. The molecule has 1 fully saturated rings. The Morgan fingerprint density at radius 3 is 2.68 bits per heavy atom. The van der Waals surface area contributed by atoms with Gasteiger partial charge in [0, 0.05) is 19.5 Å². The fraction of sp³-hybridized carbons (Fsp3) is 0.286. The van der Waals surface area contributed by atoms with E-state index in [1.165, 1.54) is 11.0 Å². The van der Waals surface area contributed by atoms with Crippen molar-refractivity contribution in [3.05, 3.63) is 71.5 Å². The molecule has 1 aromatic heterocycles.